The average Bonchev–Trinajstić information content (AvgIpc) is 2.88. The van der Waals surface area contributed by atoms with Gasteiger partial charge in [0.25, 0.3) is 0 Å². The van der Waals surface area contributed by atoms with Crippen molar-refractivity contribution in [3.05, 3.63) is 47.8 Å². The molecule has 4 rings (SSSR count). The van der Waals surface area contributed by atoms with Gasteiger partial charge >= 0.3 is 6.18 Å². The molecule has 3 heterocycles. The average molecular weight is 366 g/mol. The van der Waals surface area contributed by atoms with Crippen LogP contribution in [0.15, 0.2) is 36.5 Å². The number of carbonyl (C=O) groups excluding carboxylic acids is 1. The third kappa shape index (κ3) is 2.94. The first-order valence-corrected chi connectivity index (χ1v) is 7.99. The maximum atomic E-state index is 14.4. The molecule has 2 aliphatic heterocycles. The third-order valence-corrected chi connectivity index (χ3v) is 4.54. The Morgan fingerprint density at radius 2 is 1.96 bits per heavy atom. The van der Waals surface area contributed by atoms with Crippen molar-refractivity contribution in [2.75, 3.05) is 24.7 Å². The molecular weight excluding hydrogens is 352 g/mol. The van der Waals surface area contributed by atoms with E-state index < -0.39 is 17.4 Å². The Hall–Kier alpha value is -2.48. The van der Waals surface area contributed by atoms with Crippen LogP contribution in [-0.2, 0) is 22.1 Å². The standard InChI is InChI=1S/C18H14F4N2O2/c19-17(9-26-10-17)8-24-15-5-12(7-23-14(15)6-16(24)25)11-2-1-3-13(4-11)18(20,21)22/h1-5,7H,6,8-10H2. The predicted octanol–water partition coefficient (Wildman–Crippen LogP) is 3.40. The van der Waals surface area contributed by atoms with Gasteiger partial charge in [-0.3, -0.25) is 9.78 Å². The number of halogens is 4. The number of hydrogen-bond donors (Lipinski definition) is 0. The fraction of sp³-hybridized carbons (Fsp3) is 0.333. The van der Waals surface area contributed by atoms with Gasteiger partial charge in [-0.25, -0.2) is 4.39 Å². The van der Waals surface area contributed by atoms with Crippen LogP contribution < -0.4 is 4.90 Å². The van der Waals surface area contributed by atoms with Gasteiger partial charge in [0.1, 0.15) is 0 Å². The van der Waals surface area contributed by atoms with E-state index in [0.717, 1.165) is 12.1 Å². The molecular formula is C18H14F4N2O2. The van der Waals surface area contributed by atoms with Gasteiger partial charge in [0.05, 0.1) is 43.1 Å². The molecule has 8 heteroatoms. The summed E-state index contributed by atoms with van der Waals surface area (Å²) in [5, 5.41) is 0. The van der Waals surface area contributed by atoms with Gasteiger partial charge in [-0.2, -0.15) is 13.2 Å². The van der Waals surface area contributed by atoms with E-state index in [9.17, 15) is 22.4 Å². The van der Waals surface area contributed by atoms with E-state index in [1.54, 1.807) is 6.07 Å². The van der Waals surface area contributed by atoms with Gasteiger partial charge in [0, 0.05) is 11.8 Å². The SMILES string of the molecule is O=C1Cc2ncc(-c3cccc(C(F)(F)F)c3)cc2N1CC1(F)COC1. The van der Waals surface area contributed by atoms with E-state index in [1.165, 1.54) is 23.2 Å². The lowest BCUT2D eigenvalue weighted by molar-refractivity contribution is -0.137. The normalized spacial score (nSPS) is 18.6. The number of anilines is 1. The number of carbonyl (C=O) groups is 1. The number of fused-ring (bicyclic) bond motifs is 1. The highest BCUT2D eigenvalue weighted by Gasteiger charge is 2.44. The molecule has 0 radical (unpaired) electrons. The van der Waals surface area contributed by atoms with E-state index >= 15 is 0 Å². The van der Waals surface area contributed by atoms with E-state index in [-0.39, 0.29) is 32.1 Å². The van der Waals surface area contributed by atoms with Crippen LogP contribution in [0.2, 0.25) is 0 Å². The topological polar surface area (TPSA) is 42.4 Å². The molecule has 1 aromatic carbocycles. The summed E-state index contributed by atoms with van der Waals surface area (Å²) in [4.78, 5) is 17.7. The van der Waals surface area contributed by atoms with Crippen molar-refractivity contribution in [1.29, 1.82) is 0 Å². The van der Waals surface area contributed by atoms with E-state index in [2.05, 4.69) is 4.98 Å². The second kappa shape index (κ2) is 5.77. The zero-order valence-electron chi connectivity index (χ0n) is 13.5. The number of ether oxygens (including phenoxy) is 1. The highest BCUT2D eigenvalue weighted by atomic mass is 19.4. The first-order valence-electron chi connectivity index (χ1n) is 7.99. The van der Waals surface area contributed by atoms with Crippen LogP contribution in [0.3, 0.4) is 0 Å². The van der Waals surface area contributed by atoms with Crippen molar-refractivity contribution >= 4 is 11.6 Å². The fourth-order valence-electron chi connectivity index (χ4n) is 3.13. The highest BCUT2D eigenvalue weighted by Crippen LogP contribution is 2.36. The van der Waals surface area contributed by atoms with Crippen LogP contribution in [0.4, 0.5) is 23.2 Å². The largest absolute Gasteiger partial charge is 0.416 e. The minimum absolute atomic E-state index is 0.0507. The van der Waals surface area contributed by atoms with Crippen LogP contribution in [0.5, 0.6) is 0 Å². The molecule has 2 aromatic rings. The highest BCUT2D eigenvalue weighted by molar-refractivity contribution is 6.01. The summed E-state index contributed by atoms with van der Waals surface area (Å²) < 4.78 is 58.0. The Balaban J connectivity index is 1.69. The van der Waals surface area contributed by atoms with Gasteiger partial charge < -0.3 is 9.64 Å². The maximum absolute atomic E-state index is 14.4. The van der Waals surface area contributed by atoms with E-state index in [4.69, 9.17) is 4.74 Å². The van der Waals surface area contributed by atoms with Gasteiger partial charge in [0.15, 0.2) is 5.67 Å². The van der Waals surface area contributed by atoms with Crippen molar-refractivity contribution in [1.82, 2.24) is 4.98 Å². The van der Waals surface area contributed by atoms with Crippen molar-refractivity contribution in [3.63, 3.8) is 0 Å². The molecule has 2 aliphatic rings. The molecule has 1 aromatic heterocycles. The molecule has 0 aliphatic carbocycles. The number of rotatable bonds is 3. The molecule has 0 bridgehead atoms. The van der Waals surface area contributed by atoms with Crippen molar-refractivity contribution < 1.29 is 27.1 Å². The van der Waals surface area contributed by atoms with Crippen molar-refractivity contribution in [2.24, 2.45) is 0 Å². The summed E-state index contributed by atoms with van der Waals surface area (Å²) in [5.41, 5.74) is -0.659. The van der Waals surface area contributed by atoms with E-state index in [1.807, 2.05) is 0 Å². The van der Waals surface area contributed by atoms with Crippen LogP contribution in [0, 0.1) is 0 Å². The van der Waals surface area contributed by atoms with Crippen LogP contribution in [0.25, 0.3) is 11.1 Å². The first kappa shape index (κ1) is 17.0. The smallest absolute Gasteiger partial charge is 0.374 e. The molecule has 1 fully saturated rings. The number of hydrogen-bond acceptors (Lipinski definition) is 3. The number of alkyl halides is 4. The second-order valence-corrected chi connectivity index (χ2v) is 6.57. The Labute approximate surface area is 146 Å². The Kier molecular flexibility index (Phi) is 3.76. The Morgan fingerprint density at radius 3 is 2.62 bits per heavy atom. The summed E-state index contributed by atoms with van der Waals surface area (Å²) in [5.74, 6) is -0.280. The number of pyridine rings is 1. The number of amides is 1. The molecule has 1 amide bonds. The van der Waals surface area contributed by atoms with Crippen molar-refractivity contribution in [3.8, 4) is 11.1 Å². The summed E-state index contributed by atoms with van der Waals surface area (Å²) in [6, 6.07) is 6.46. The molecule has 0 spiro atoms. The predicted molar refractivity (Wildman–Crippen MR) is 85.4 cm³/mol. The monoisotopic (exact) mass is 366 g/mol. The lowest BCUT2D eigenvalue weighted by Gasteiger charge is -2.36. The summed E-state index contributed by atoms with van der Waals surface area (Å²) in [7, 11) is 0. The maximum Gasteiger partial charge on any atom is 0.416 e. The molecule has 136 valence electrons. The first-order chi connectivity index (χ1) is 12.3. The summed E-state index contributed by atoms with van der Waals surface area (Å²) >= 11 is 0. The lowest BCUT2D eigenvalue weighted by atomic mass is 10.0. The van der Waals surface area contributed by atoms with Gasteiger partial charge in [-0.05, 0) is 23.8 Å². The van der Waals surface area contributed by atoms with Crippen LogP contribution >= 0.6 is 0 Å². The second-order valence-electron chi connectivity index (χ2n) is 6.57. The quantitative estimate of drug-likeness (QED) is 0.782. The summed E-state index contributed by atoms with van der Waals surface area (Å²) in [6.45, 7) is -0.299. The lowest BCUT2D eigenvalue weighted by Crippen LogP contribution is -2.54. The zero-order valence-corrected chi connectivity index (χ0v) is 13.5. The zero-order chi connectivity index (χ0) is 18.5. The molecule has 0 atom stereocenters. The van der Waals surface area contributed by atoms with Gasteiger partial charge in [-0.1, -0.05) is 12.1 Å². The minimum atomic E-state index is -4.45. The summed E-state index contributed by atoms with van der Waals surface area (Å²) in [6.07, 6.45) is -2.97. The van der Waals surface area contributed by atoms with Gasteiger partial charge in [-0.15, -0.1) is 0 Å². The molecule has 0 unspecified atom stereocenters. The molecule has 0 N–H and O–H groups in total. The molecule has 1 saturated heterocycles. The number of aromatic nitrogens is 1. The molecule has 0 saturated carbocycles. The number of nitrogens with zero attached hydrogens (tertiary/aromatic N) is 2. The molecule has 4 nitrogen and oxygen atoms in total. The molecule has 26 heavy (non-hydrogen) atoms. The van der Waals surface area contributed by atoms with E-state index in [0.29, 0.717) is 22.5 Å². The van der Waals surface area contributed by atoms with Crippen LogP contribution in [-0.4, -0.2) is 36.3 Å². The fourth-order valence-corrected chi connectivity index (χ4v) is 3.13. The number of benzene rings is 1. The third-order valence-electron chi connectivity index (χ3n) is 4.54. The van der Waals surface area contributed by atoms with Gasteiger partial charge in [0.2, 0.25) is 5.91 Å². The van der Waals surface area contributed by atoms with Crippen LogP contribution in [0.1, 0.15) is 11.3 Å². The minimum Gasteiger partial charge on any atom is -0.374 e. The van der Waals surface area contributed by atoms with Crippen molar-refractivity contribution in [2.45, 2.75) is 18.3 Å². The Bertz CT molecular complexity index is 878. The Morgan fingerprint density at radius 1 is 1.19 bits per heavy atom.